The summed E-state index contributed by atoms with van der Waals surface area (Å²) in [5.41, 5.74) is 3.89. The van der Waals surface area contributed by atoms with E-state index in [4.69, 9.17) is 44.6 Å². The predicted octanol–water partition coefficient (Wildman–Crippen LogP) is 5.99. The van der Waals surface area contributed by atoms with Gasteiger partial charge in [-0.2, -0.15) is 0 Å². The van der Waals surface area contributed by atoms with Crippen LogP contribution in [0.3, 0.4) is 0 Å². The number of aromatic carboxylic acids is 1. The van der Waals surface area contributed by atoms with E-state index < -0.39 is 17.5 Å². The molecule has 1 aliphatic rings. The molecule has 1 aliphatic heterocycles. The smallest absolute Gasteiger partial charge is 0.356 e. The molecule has 0 bridgehead atoms. The van der Waals surface area contributed by atoms with Crippen LogP contribution in [0.4, 0.5) is 0 Å². The number of terminal acetylenes is 2. The van der Waals surface area contributed by atoms with Crippen molar-refractivity contribution in [3.05, 3.63) is 129 Å². The maximum Gasteiger partial charge on any atom is 0.356 e. The van der Waals surface area contributed by atoms with E-state index in [1.807, 2.05) is 20.0 Å². The highest BCUT2D eigenvalue weighted by Crippen LogP contribution is 2.21. The molecule has 2 unspecified atom stereocenters. The second-order valence-corrected chi connectivity index (χ2v) is 14.5. The van der Waals surface area contributed by atoms with Gasteiger partial charge in [0.2, 0.25) is 5.88 Å². The summed E-state index contributed by atoms with van der Waals surface area (Å²) in [6.45, 7) is 10.4. The number of carboxylic acids is 1. The number of carbonyl (C=O) groups is 3. The first-order chi connectivity index (χ1) is 33.2. The molecule has 0 aromatic carbocycles. The lowest BCUT2D eigenvalue weighted by atomic mass is 10.2. The molecular weight excluding hydrogens is 1030 g/mol. The Morgan fingerprint density at radius 3 is 1.71 bits per heavy atom. The number of amides is 1. The van der Waals surface area contributed by atoms with Crippen molar-refractivity contribution in [2.75, 3.05) is 58.0 Å². The number of fused-ring (bicyclic) bond motifs is 1. The van der Waals surface area contributed by atoms with Crippen LogP contribution in [0.2, 0.25) is 0 Å². The zero-order chi connectivity index (χ0) is 52.1. The first-order valence-corrected chi connectivity index (χ1v) is 24.5. The standard InChI is InChI=1S/C14H15ClN4O2.C12H13N3O3.C10H9N3O3.C4H9Cl2N.C3H4.C2H2.ClH.H4P2/c1-10-8-18(9-16-10)11-2-3-12-13(20)17(5-4-15)6-7-19(12)14(11)21;1-8-6-15(7-13-8)10-5-4-9(12(16)18-3)14-11(10)17-2;1-6-4-13(5-11-6)8-3-2-7(10(15)16)12-9(8)14;5-1-3-7-4-2-6;1-3-2;1-2;;1-2/h2-3,8-9H,4-7H2,1H3;4-7H,1-3H3;2-5H,1H3,(H,12,14)(H,15,16);7H,1-4H2;1H,2H3;1-2H;1H;1-2H2. The average Bonchev–Trinajstić information content (AvgIpc) is 4.12. The fourth-order valence-corrected chi connectivity index (χ4v) is 6.15. The van der Waals surface area contributed by atoms with Crippen molar-refractivity contribution in [3.8, 4) is 48.1 Å². The number of carboxylic acid groups (broad SMARTS) is 1. The number of carbonyl (C=O) groups excluding carboxylic acids is 2. The van der Waals surface area contributed by atoms with Crippen LogP contribution in [0.5, 0.6) is 5.88 Å². The van der Waals surface area contributed by atoms with Crippen molar-refractivity contribution in [2.24, 2.45) is 0 Å². The van der Waals surface area contributed by atoms with Crippen LogP contribution in [0, 0.1) is 46.0 Å². The molecule has 19 nitrogen and oxygen atoms in total. The molecule has 6 aromatic rings. The number of esters is 1. The quantitative estimate of drug-likeness (QED) is 0.0422. The van der Waals surface area contributed by atoms with Gasteiger partial charge in [-0.15, -0.1) is 90.3 Å². The topological polar surface area (TPSA) is 226 Å². The molecule has 3 N–H and O–H groups in total. The van der Waals surface area contributed by atoms with Gasteiger partial charge in [0.25, 0.3) is 17.0 Å². The van der Waals surface area contributed by atoms with E-state index in [2.05, 4.69) is 78.0 Å². The second-order valence-electron chi connectivity index (χ2n) is 13.3. The third-order valence-electron chi connectivity index (χ3n) is 8.67. The molecule has 25 heteroatoms. The van der Waals surface area contributed by atoms with Crippen LogP contribution < -0.4 is 21.2 Å². The Balaban J connectivity index is 0.000000900. The molecule has 70 heavy (non-hydrogen) atoms. The van der Waals surface area contributed by atoms with Crippen molar-refractivity contribution < 1.29 is 29.0 Å². The average molecular weight is 1080 g/mol. The Bertz CT molecular complexity index is 2730. The van der Waals surface area contributed by atoms with E-state index in [1.165, 1.54) is 37.2 Å². The highest BCUT2D eigenvalue weighted by molar-refractivity contribution is 7.92. The van der Waals surface area contributed by atoms with Gasteiger partial charge < -0.3 is 48.0 Å². The normalized spacial score (nSPS) is 10.5. The number of alkyl halides is 3. The van der Waals surface area contributed by atoms with Crippen LogP contribution in [0.15, 0.2) is 83.6 Å². The molecule has 0 spiro atoms. The minimum absolute atomic E-state index is 0. The number of hydrogen-bond acceptors (Lipinski definition) is 12. The number of hydrogen-bond donors (Lipinski definition) is 3. The molecule has 2 atom stereocenters. The Morgan fingerprint density at radius 2 is 1.29 bits per heavy atom. The lowest BCUT2D eigenvalue weighted by Gasteiger charge is -2.29. The second kappa shape index (κ2) is 35.1. The lowest BCUT2D eigenvalue weighted by Crippen LogP contribution is -2.45. The summed E-state index contributed by atoms with van der Waals surface area (Å²) in [6.07, 6.45) is 22.7. The van der Waals surface area contributed by atoms with Gasteiger partial charge in [0.1, 0.15) is 28.5 Å². The number of aromatic nitrogens is 9. The van der Waals surface area contributed by atoms with Gasteiger partial charge in [0.05, 0.1) is 50.3 Å². The number of aryl methyl sites for hydroxylation is 3. The van der Waals surface area contributed by atoms with Crippen molar-refractivity contribution >= 4 is 82.9 Å². The number of imidazole rings is 3. The zero-order valence-corrected chi connectivity index (χ0v) is 44.7. The van der Waals surface area contributed by atoms with Crippen LogP contribution >= 0.6 is 65.1 Å². The van der Waals surface area contributed by atoms with Gasteiger partial charge in [-0.05, 0) is 64.1 Å². The number of nitrogens with one attached hydrogen (secondary N) is 2. The Hall–Kier alpha value is -6.01. The number of H-pyrrole nitrogens is 1. The molecule has 0 radical (unpaired) electrons. The third-order valence-corrected chi connectivity index (χ3v) is 9.21. The van der Waals surface area contributed by atoms with Crippen LogP contribution in [0.25, 0.3) is 17.1 Å². The number of halogens is 4. The fourth-order valence-electron chi connectivity index (χ4n) is 5.68. The van der Waals surface area contributed by atoms with Crippen molar-refractivity contribution in [1.29, 1.82) is 0 Å². The summed E-state index contributed by atoms with van der Waals surface area (Å²) in [4.78, 5) is 78.7. The van der Waals surface area contributed by atoms with Crippen LogP contribution in [0.1, 0.15) is 55.5 Å². The van der Waals surface area contributed by atoms with Crippen molar-refractivity contribution in [1.82, 2.24) is 53.4 Å². The van der Waals surface area contributed by atoms with Gasteiger partial charge >= 0.3 is 11.9 Å². The molecule has 7 heterocycles. The first-order valence-electron chi connectivity index (χ1n) is 20.3. The SMILES string of the molecule is C#C.C#CC.COC(=O)c1ccc(-n2cnc(C)c2)c(OC)n1.Cc1cn(-c2ccc(C(=O)O)[nH]c2=O)cn1.Cc1cn(-c2ccc3n(c2=O)CCN(CCCl)C3=O)cn1.Cl.ClCCNCCCl.PP. The molecule has 0 saturated heterocycles. The molecular formula is C45H57Cl4N11O8P2. The first kappa shape index (κ1) is 64.0. The Morgan fingerprint density at radius 1 is 0.800 bits per heavy atom. The van der Waals surface area contributed by atoms with E-state index in [1.54, 1.807) is 81.8 Å². The fraction of sp³-hybridized carbons (Fsp3) is 0.311. The van der Waals surface area contributed by atoms with Crippen molar-refractivity contribution in [3.63, 3.8) is 0 Å². The van der Waals surface area contributed by atoms with E-state index in [9.17, 15) is 24.0 Å². The summed E-state index contributed by atoms with van der Waals surface area (Å²) in [5, 5.41) is 11.7. The van der Waals surface area contributed by atoms with Gasteiger partial charge in [-0.1, -0.05) is 0 Å². The van der Waals surface area contributed by atoms with Gasteiger partial charge in [-0.3, -0.25) is 14.4 Å². The van der Waals surface area contributed by atoms with E-state index in [0.29, 0.717) is 65.9 Å². The molecule has 0 saturated carbocycles. The minimum atomic E-state index is -1.16. The Labute approximate surface area is 432 Å². The minimum Gasteiger partial charge on any atom is -0.479 e. The number of ether oxygens (including phenoxy) is 2. The summed E-state index contributed by atoms with van der Waals surface area (Å²) < 4.78 is 16.3. The molecule has 0 fully saturated rings. The largest absolute Gasteiger partial charge is 0.479 e. The molecule has 1 amide bonds. The molecule has 378 valence electrons. The molecule has 7 rings (SSSR count). The third kappa shape index (κ3) is 19.8. The highest BCUT2D eigenvalue weighted by atomic mass is 35.5. The van der Waals surface area contributed by atoms with E-state index in [-0.39, 0.29) is 35.3 Å². The summed E-state index contributed by atoms with van der Waals surface area (Å²) in [7, 11) is 7.47. The van der Waals surface area contributed by atoms with Gasteiger partial charge in [-0.25, -0.2) is 29.5 Å². The van der Waals surface area contributed by atoms with Crippen LogP contribution in [-0.4, -0.2) is 129 Å². The highest BCUT2D eigenvalue weighted by Gasteiger charge is 2.25. The number of pyridine rings is 3. The summed E-state index contributed by atoms with van der Waals surface area (Å²) in [5.74, 6) is 2.51. The van der Waals surface area contributed by atoms with E-state index >= 15 is 0 Å². The Kier molecular flexibility index (Phi) is 32.1. The van der Waals surface area contributed by atoms with Crippen molar-refractivity contribution in [2.45, 2.75) is 34.2 Å². The number of methoxy groups -OCH3 is 2. The number of nitrogens with zero attached hydrogens (tertiary/aromatic N) is 9. The summed E-state index contributed by atoms with van der Waals surface area (Å²) in [6, 6.07) is 9.46. The summed E-state index contributed by atoms with van der Waals surface area (Å²) >= 11 is 16.4. The zero-order valence-electron chi connectivity index (χ0n) is 39.3. The van der Waals surface area contributed by atoms with Gasteiger partial charge in [0, 0.05) is 69.0 Å². The number of aromatic amines is 1. The maximum atomic E-state index is 12.6. The maximum absolute atomic E-state index is 12.6. The lowest BCUT2D eigenvalue weighted by molar-refractivity contribution is 0.0591. The van der Waals surface area contributed by atoms with Gasteiger partial charge in [0.15, 0.2) is 5.69 Å². The predicted molar refractivity (Wildman–Crippen MR) is 284 cm³/mol. The number of rotatable bonds is 12. The van der Waals surface area contributed by atoms with Crippen LogP contribution in [-0.2, 0) is 11.3 Å². The monoisotopic (exact) mass is 1080 g/mol. The molecule has 0 aliphatic carbocycles. The van der Waals surface area contributed by atoms with E-state index in [0.717, 1.165) is 30.2 Å². The molecule has 6 aromatic heterocycles.